The molecule has 0 saturated carbocycles. The van der Waals surface area contributed by atoms with Gasteiger partial charge in [0.2, 0.25) is 5.91 Å². The van der Waals surface area contributed by atoms with Gasteiger partial charge in [0.1, 0.15) is 5.41 Å². The molecule has 0 saturated heterocycles. The molecular formula is C19H17NO3. The summed E-state index contributed by atoms with van der Waals surface area (Å²) in [5.41, 5.74) is 1.37. The molecule has 0 spiro atoms. The van der Waals surface area contributed by atoms with E-state index in [-0.39, 0.29) is 5.91 Å². The largest absolute Gasteiger partial charge is 0.463 e. The lowest BCUT2D eigenvalue weighted by Gasteiger charge is -2.24. The predicted octanol–water partition coefficient (Wildman–Crippen LogP) is 3.04. The molecule has 1 aliphatic heterocycles. The minimum Gasteiger partial charge on any atom is -0.463 e. The number of fused-ring (bicyclic) bond motifs is 1. The maximum absolute atomic E-state index is 12.8. The molecule has 0 radical (unpaired) electrons. The molecule has 0 bridgehead atoms. The van der Waals surface area contributed by atoms with Gasteiger partial charge >= 0.3 is 5.97 Å². The molecule has 4 nitrogen and oxygen atoms in total. The minimum absolute atomic E-state index is 0.176. The zero-order valence-corrected chi connectivity index (χ0v) is 12.8. The van der Waals surface area contributed by atoms with E-state index in [1.807, 2.05) is 54.6 Å². The van der Waals surface area contributed by atoms with Crippen LogP contribution in [-0.2, 0) is 19.7 Å². The van der Waals surface area contributed by atoms with Gasteiger partial charge in [0, 0.05) is 11.8 Å². The Labute approximate surface area is 134 Å². The Morgan fingerprint density at radius 2 is 1.83 bits per heavy atom. The first kappa shape index (κ1) is 15.0. The zero-order chi connectivity index (χ0) is 16.3. The molecular weight excluding hydrogens is 290 g/mol. The maximum atomic E-state index is 12.8. The van der Waals surface area contributed by atoms with Gasteiger partial charge in [0.25, 0.3) is 0 Å². The van der Waals surface area contributed by atoms with Gasteiger partial charge in [0.15, 0.2) is 0 Å². The van der Waals surface area contributed by atoms with Gasteiger partial charge in [-0.3, -0.25) is 4.79 Å². The number of amides is 1. The van der Waals surface area contributed by atoms with Gasteiger partial charge in [-0.1, -0.05) is 54.6 Å². The summed E-state index contributed by atoms with van der Waals surface area (Å²) in [5, 5.41) is 2.90. The lowest BCUT2D eigenvalue weighted by molar-refractivity contribution is -0.137. The van der Waals surface area contributed by atoms with Gasteiger partial charge in [-0.05, 0) is 24.1 Å². The third-order valence-electron chi connectivity index (χ3n) is 3.94. The van der Waals surface area contributed by atoms with Gasteiger partial charge in [-0.2, -0.15) is 0 Å². The predicted molar refractivity (Wildman–Crippen MR) is 88.1 cm³/mol. The van der Waals surface area contributed by atoms with Crippen molar-refractivity contribution < 1.29 is 14.3 Å². The highest BCUT2D eigenvalue weighted by molar-refractivity contribution is 6.10. The second kappa shape index (κ2) is 6.08. The van der Waals surface area contributed by atoms with Crippen molar-refractivity contribution in [2.75, 3.05) is 11.9 Å². The number of nitrogens with one attached hydrogen (secondary N) is 1. The fourth-order valence-corrected chi connectivity index (χ4v) is 2.91. The first-order valence-electron chi connectivity index (χ1n) is 7.51. The first-order valence-corrected chi connectivity index (χ1v) is 7.51. The monoisotopic (exact) mass is 307 g/mol. The highest BCUT2D eigenvalue weighted by Crippen LogP contribution is 2.43. The standard InChI is InChI=1S/C19H17NO3/c1-2-23-17(21)12-13-19(14-8-4-3-5-9-14)15-10-6-7-11-16(15)20-18(19)22/h3-13H,2H2,1H3,(H,20,22)/b13-12+. The van der Waals surface area contributed by atoms with Crippen LogP contribution < -0.4 is 5.32 Å². The van der Waals surface area contributed by atoms with Crippen LogP contribution in [0.2, 0.25) is 0 Å². The van der Waals surface area contributed by atoms with Crippen LogP contribution in [0, 0.1) is 0 Å². The number of benzene rings is 2. The van der Waals surface area contributed by atoms with Crippen molar-refractivity contribution in [3.8, 4) is 0 Å². The van der Waals surface area contributed by atoms with Crippen LogP contribution in [0.3, 0.4) is 0 Å². The smallest absolute Gasteiger partial charge is 0.330 e. The number of hydrogen-bond donors (Lipinski definition) is 1. The number of carbonyl (C=O) groups is 2. The Balaban J connectivity index is 2.16. The molecule has 2 aromatic carbocycles. The van der Waals surface area contributed by atoms with E-state index >= 15 is 0 Å². The number of anilines is 1. The van der Waals surface area contributed by atoms with E-state index in [2.05, 4.69) is 5.32 Å². The van der Waals surface area contributed by atoms with Crippen LogP contribution in [-0.4, -0.2) is 18.5 Å². The van der Waals surface area contributed by atoms with Crippen LogP contribution in [0.1, 0.15) is 18.1 Å². The number of rotatable bonds is 4. The third-order valence-corrected chi connectivity index (χ3v) is 3.94. The molecule has 23 heavy (non-hydrogen) atoms. The van der Waals surface area contributed by atoms with E-state index in [0.717, 1.165) is 16.8 Å². The van der Waals surface area contributed by atoms with Crippen LogP contribution in [0.15, 0.2) is 66.7 Å². The highest BCUT2D eigenvalue weighted by atomic mass is 16.5. The molecule has 1 amide bonds. The summed E-state index contributed by atoms with van der Waals surface area (Å²) < 4.78 is 4.95. The molecule has 0 fully saturated rings. The van der Waals surface area contributed by atoms with Crippen LogP contribution >= 0.6 is 0 Å². The van der Waals surface area contributed by atoms with Crippen LogP contribution in [0.5, 0.6) is 0 Å². The van der Waals surface area contributed by atoms with E-state index in [1.54, 1.807) is 13.0 Å². The van der Waals surface area contributed by atoms with Crippen molar-refractivity contribution >= 4 is 17.6 Å². The lowest BCUT2D eigenvalue weighted by atomic mass is 9.75. The van der Waals surface area contributed by atoms with E-state index in [0.29, 0.717) is 6.61 Å². The number of esters is 1. The second-order valence-corrected chi connectivity index (χ2v) is 5.26. The average molecular weight is 307 g/mol. The van der Waals surface area contributed by atoms with E-state index in [4.69, 9.17) is 4.74 Å². The Morgan fingerprint density at radius 3 is 2.57 bits per heavy atom. The highest BCUT2D eigenvalue weighted by Gasteiger charge is 2.46. The number of para-hydroxylation sites is 1. The van der Waals surface area contributed by atoms with E-state index in [1.165, 1.54) is 6.08 Å². The Hall–Kier alpha value is -2.88. The van der Waals surface area contributed by atoms with Gasteiger partial charge in [-0.25, -0.2) is 4.79 Å². The molecule has 2 aromatic rings. The molecule has 1 aliphatic rings. The fourth-order valence-electron chi connectivity index (χ4n) is 2.91. The average Bonchev–Trinajstić information content (AvgIpc) is 2.86. The molecule has 1 unspecified atom stereocenters. The summed E-state index contributed by atoms with van der Waals surface area (Å²) in [5.74, 6) is -0.634. The third kappa shape index (κ3) is 2.52. The molecule has 0 aromatic heterocycles. The van der Waals surface area contributed by atoms with Gasteiger partial charge in [-0.15, -0.1) is 0 Å². The van der Waals surface area contributed by atoms with Crippen molar-refractivity contribution in [2.45, 2.75) is 12.3 Å². The number of hydrogen-bond acceptors (Lipinski definition) is 3. The lowest BCUT2D eigenvalue weighted by Crippen LogP contribution is -2.34. The summed E-state index contributed by atoms with van der Waals surface area (Å²) in [7, 11) is 0. The number of ether oxygens (including phenoxy) is 1. The summed E-state index contributed by atoms with van der Waals surface area (Å²) in [6, 6.07) is 16.9. The molecule has 1 N–H and O–H groups in total. The van der Waals surface area contributed by atoms with E-state index in [9.17, 15) is 9.59 Å². The zero-order valence-electron chi connectivity index (χ0n) is 12.8. The van der Waals surface area contributed by atoms with Crippen molar-refractivity contribution in [3.63, 3.8) is 0 Å². The molecule has 0 aliphatic carbocycles. The van der Waals surface area contributed by atoms with Gasteiger partial charge in [0.05, 0.1) is 6.61 Å². The summed E-state index contributed by atoms with van der Waals surface area (Å²) in [6.45, 7) is 2.04. The molecule has 1 heterocycles. The van der Waals surface area contributed by atoms with Crippen molar-refractivity contribution in [1.29, 1.82) is 0 Å². The SMILES string of the molecule is CCOC(=O)/C=C/C1(c2ccccc2)C(=O)Nc2ccccc21. The molecule has 116 valence electrons. The van der Waals surface area contributed by atoms with E-state index < -0.39 is 11.4 Å². The van der Waals surface area contributed by atoms with Crippen LogP contribution in [0.4, 0.5) is 5.69 Å². The van der Waals surface area contributed by atoms with Crippen molar-refractivity contribution in [3.05, 3.63) is 77.9 Å². The fraction of sp³-hybridized carbons (Fsp3) is 0.158. The summed E-state index contributed by atoms with van der Waals surface area (Å²) >= 11 is 0. The summed E-state index contributed by atoms with van der Waals surface area (Å²) in [4.78, 5) is 24.6. The topological polar surface area (TPSA) is 55.4 Å². The van der Waals surface area contributed by atoms with Crippen LogP contribution in [0.25, 0.3) is 0 Å². The summed E-state index contributed by atoms with van der Waals surface area (Å²) in [6.07, 6.45) is 2.96. The number of carbonyl (C=O) groups excluding carboxylic acids is 2. The molecule has 1 atom stereocenters. The molecule has 3 rings (SSSR count). The normalized spacial score (nSPS) is 19.4. The molecule has 4 heteroatoms. The van der Waals surface area contributed by atoms with Crippen molar-refractivity contribution in [1.82, 2.24) is 0 Å². The first-order chi connectivity index (χ1) is 11.2. The Kier molecular flexibility index (Phi) is 3.98. The maximum Gasteiger partial charge on any atom is 0.330 e. The Morgan fingerprint density at radius 1 is 1.13 bits per heavy atom. The van der Waals surface area contributed by atoms with Crippen molar-refractivity contribution in [2.24, 2.45) is 0 Å². The van der Waals surface area contributed by atoms with Gasteiger partial charge < -0.3 is 10.1 Å². The second-order valence-electron chi connectivity index (χ2n) is 5.26. The minimum atomic E-state index is -1.02. The Bertz CT molecular complexity index is 767. The quantitative estimate of drug-likeness (QED) is 0.698.